The number of aliphatic hydroxyl groups is 2. The molecular weight excluding hydrogens is 776 g/mol. The molecule has 0 aromatic carbocycles. The van der Waals surface area contributed by atoms with Crippen molar-refractivity contribution >= 4 is 29.8 Å². The minimum Gasteiger partial charge on any atom is -0.481 e. The number of carbonyl (C=O) groups is 5. The summed E-state index contributed by atoms with van der Waals surface area (Å²) < 4.78 is 10.2. The minimum absolute atomic E-state index is 0.284. The van der Waals surface area contributed by atoms with Gasteiger partial charge in [-0.3, -0.25) is 24.0 Å². The fourth-order valence-electron chi connectivity index (χ4n) is 5.86. The number of unbranched alkanes of at least 4 members (excludes halogenated alkanes) is 20. The highest BCUT2D eigenvalue weighted by Gasteiger charge is 2.46. The lowest BCUT2D eigenvalue weighted by Crippen LogP contribution is -2.30. The van der Waals surface area contributed by atoms with Crippen molar-refractivity contribution in [2.45, 2.75) is 252 Å². The molecule has 7 N–H and O–H groups in total. The molecular formula is C46H90O14. The van der Waals surface area contributed by atoms with Crippen LogP contribution < -0.4 is 0 Å². The number of hydrogen-bond acceptors (Lipinski definition) is 9. The van der Waals surface area contributed by atoms with Crippen LogP contribution in [0.1, 0.15) is 227 Å². The maximum absolute atomic E-state index is 10.0. The average Bonchev–Trinajstić information content (AvgIpc) is 3.76. The lowest BCUT2D eigenvalue weighted by Gasteiger charge is -2.09. The van der Waals surface area contributed by atoms with E-state index in [4.69, 9.17) is 45.2 Å². The van der Waals surface area contributed by atoms with E-state index in [2.05, 4.69) is 34.6 Å². The third-order valence-electron chi connectivity index (χ3n) is 9.47. The average molecular weight is 867 g/mol. The lowest BCUT2D eigenvalue weighted by molar-refractivity contribution is -0.138. The van der Waals surface area contributed by atoms with Crippen molar-refractivity contribution in [3.63, 3.8) is 0 Å². The number of carboxylic acid groups (broad SMARTS) is 5. The maximum atomic E-state index is 10.0. The van der Waals surface area contributed by atoms with Gasteiger partial charge >= 0.3 is 29.8 Å². The molecule has 358 valence electrons. The van der Waals surface area contributed by atoms with Gasteiger partial charge in [0.1, 0.15) is 24.4 Å². The molecule has 0 saturated carbocycles. The summed E-state index contributed by atoms with van der Waals surface area (Å²) in [6.45, 7) is 11.3. The van der Waals surface area contributed by atoms with Crippen LogP contribution in [0.5, 0.6) is 0 Å². The Bertz CT molecular complexity index is 821. The maximum Gasteiger partial charge on any atom is 0.303 e. The van der Waals surface area contributed by atoms with Gasteiger partial charge in [-0.2, -0.15) is 0 Å². The van der Waals surface area contributed by atoms with Gasteiger partial charge in [0.2, 0.25) is 0 Å². The molecule has 0 unspecified atom stereocenters. The summed E-state index contributed by atoms with van der Waals surface area (Å²) in [6.07, 6.45) is 27.7. The number of carboxylic acids is 5. The third-order valence-corrected chi connectivity index (χ3v) is 9.47. The van der Waals surface area contributed by atoms with Gasteiger partial charge in [0.15, 0.2) is 0 Å². The summed E-state index contributed by atoms with van der Waals surface area (Å²) in [6, 6.07) is 0. The molecule has 2 saturated heterocycles. The van der Waals surface area contributed by atoms with Crippen molar-refractivity contribution in [3.05, 3.63) is 0 Å². The van der Waals surface area contributed by atoms with E-state index >= 15 is 0 Å². The van der Waals surface area contributed by atoms with Crippen molar-refractivity contribution in [2.75, 3.05) is 13.2 Å². The van der Waals surface area contributed by atoms with Crippen molar-refractivity contribution < 1.29 is 69.2 Å². The van der Waals surface area contributed by atoms with Gasteiger partial charge in [0, 0.05) is 32.1 Å². The van der Waals surface area contributed by atoms with Crippen LogP contribution in [-0.4, -0.2) is 103 Å². The van der Waals surface area contributed by atoms with E-state index in [0.29, 0.717) is 32.1 Å². The minimum atomic E-state index is -0.670. The van der Waals surface area contributed by atoms with E-state index in [1.807, 2.05) is 0 Å². The molecule has 2 fully saturated rings. The van der Waals surface area contributed by atoms with E-state index in [9.17, 15) is 24.0 Å². The fraction of sp³-hybridized carbons (Fsp3) is 0.891. The Morgan fingerprint density at radius 1 is 0.333 bits per heavy atom. The molecule has 0 bridgehead atoms. The highest BCUT2D eigenvalue weighted by molar-refractivity contribution is 5.67. The van der Waals surface area contributed by atoms with Gasteiger partial charge in [0.25, 0.3) is 0 Å². The summed E-state index contributed by atoms with van der Waals surface area (Å²) in [5, 5.41) is 59.7. The molecule has 14 heteroatoms. The summed E-state index contributed by atoms with van der Waals surface area (Å²) in [5.74, 6) is -3.35. The number of ether oxygens (including phenoxy) is 2. The van der Waals surface area contributed by atoms with Gasteiger partial charge in [-0.15, -0.1) is 0 Å². The molecule has 2 aliphatic heterocycles. The molecule has 2 aliphatic rings. The predicted octanol–water partition coefficient (Wildman–Crippen LogP) is 10.7. The van der Waals surface area contributed by atoms with Crippen LogP contribution in [0.2, 0.25) is 0 Å². The van der Waals surface area contributed by atoms with Gasteiger partial charge in [-0.05, 0) is 32.1 Å². The van der Waals surface area contributed by atoms with Crippen LogP contribution in [0.15, 0.2) is 0 Å². The first-order chi connectivity index (χ1) is 28.6. The van der Waals surface area contributed by atoms with Crippen LogP contribution in [0.25, 0.3) is 0 Å². The second kappa shape index (κ2) is 50.5. The molecule has 2 rings (SSSR count). The van der Waals surface area contributed by atoms with Crippen molar-refractivity contribution in [2.24, 2.45) is 0 Å². The molecule has 0 aromatic rings. The zero-order chi connectivity index (χ0) is 46.2. The quantitative estimate of drug-likeness (QED) is 0.0332. The molecule has 0 radical (unpaired) electrons. The third kappa shape index (κ3) is 55.2. The first-order valence-corrected chi connectivity index (χ1v) is 23.3. The Balaban J connectivity index is -0.000000314. The van der Waals surface area contributed by atoms with Crippen LogP contribution in [0, 0.1) is 0 Å². The number of aliphatic carboxylic acids is 5. The Kier molecular flexibility index (Phi) is 53.8. The smallest absolute Gasteiger partial charge is 0.303 e. The molecule has 60 heavy (non-hydrogen) atoms. The Hall–Kier alpha value is -2.81. The molecule has 0 aromatic heterocycles. The van der Waals surface area contributed by atoms with Gasteiger partial charge < -0.3 is 45.2 Å². The molecule has 4 atom stereocenters. The highest BCUT2D eigenvalue weighted by Crippen LogP contribution is 2.26. The lowest BCUT2D eigenvalue weighted by atomic mass is 10.1. The number of rotatable bonds is 30. The van der Waals surface area contributed by atoms with Crippen LogP contribution in [0.4, 0.5) is 0 Å². The summed E-state index contributed by atoms with van der Waals surface area (Å²) in [5.41, 5.74) is 0. The Morgan fingerprint density at radius 2 is 0.500 bits per heavy atom. The molecule has 14 nitrogen and oxygen atoms in total. The molecule has 0 aliphatic carbocycles. The van der Waals surface area contributed by atoms with Gasteiger partial charge in [-0.25, -0.2) is 0 Å². The van der Waals surface area contributed by atoms with Crippen molar-refractivity contribution in [1.29, 1.82) is 0 Å². The fourth-order valence-corrected chi connectivity index (χ4v) is 5.86. The topological polar surface area (TPSA) is 245 Å². The SMILES string of the molecule is CCCCCCCC(=O)O.CCCCCCCC(=O)O.CCCCCCCC(=O)O.CCCCCCCC(=O)O.CCCCCCCC(=O)O.O[C@@H]1CO[C@H]2[C@@H]1OC[C@@H]2O. The zero-order valence-corrected chi connectivity index (χ0v) is 38.4. The van der Waals surface area contributed by atoms with E-state index in [0.717, 1.165) is 64.2 Å². The largest absolute Gasteiger partial charge is 0.481 e. The zero-order valence-electron chi connectivity index (χ0n) is 38.4. The van der Waals surface area contributed by atoms with Crippen molar-refractivity contribution in [3.8, 4) is 0 Å². The monoisotopic (exact) mass is 867 g/mol. The Labute approximate surface area is 363 Å². The summed E-state index contributed by atoms with van der Waals surface area (Å²) in [4.78, 5) is 50.2. The van der Waals surface area contributed by atoms with Gasteiger partial charge in [0.05, 0.1) is 13.2 Å². The van der Waals surface area contributed by atoms with E-state index < -0.39 is 42.1 Å². The van der Waals surface area contributed by atoms with Crippen LogP contribution in [0.3, 0.4) is 0 Å². The molecule has 0 amide bonds. The number of fused-ring (bicyclic) bond motifs is 1. The first kappa shape index (κ1) is 63.8. The number of hydrogen-bond donors (Lipinski definition) is 7. The van der Waals surface area contributed by atoms with Crippen LogP contribution in [-0.2, 0) is 33.4 Å². The standard InChI is InChI=1S/5C8H16O2.C6H10O4/c5*1-2-3-4-5-6-7-8(9)10;7-3-1-9-6-4(8)2-10-5(3)6/h5*2-7H2,1H3,(H,9,10);3-8H,1-2H2/t;;;;;3-,4+,5-,6-/m.....1/s1. The van der Waals surface area contributed by atoms with Gasteiger partial charge in [-0.1, -0.05) is 163 Å². The second-order valence-corrected chi connectivity index (χ2v) is 15.5. The van der Waals surface area contributed by atoms with Crippen LogP contribution >= 0.6 is 0 Å². The highest BCUT2D eigenvalue weighted by atomic mass is 16.6. The predicted molar refractivity (Wildman–Crippen MR) is 237 cm³/mol. The second-order valence-electron chi connectivity index (χ2n) is 15.5. The first-order valence-electron chi connectivity index (χ1n) is 23.3. The number of aliphatic hydroxyl groups excluding tert-OH is 2. The normalized spacial score (nSPS) is 17.0. The van der Waals surface area contributed by atoms with E-state index in [1.165, 1.54) is 96.3 Å². The summed E-state index contributed by atoms with van der Waals surface area (Å²) in [7, 11) is 0. The Morgan fingerprint density at radius 3 is 0.650 bits per heavy atom. The van der Waals surface area contributed by atoms with E-state index in [1.54, 1.807) is 0 Å². The van der Waals surface area contributed by atoms with Crippen molar-refractivity contribution in [1.82, 2.24) is 0 Å². The molecule has 2 heterocycles. The summed E-state index contributed by atoms with van der Waals surface area (Å²) >= 11 is 0. The van der Waals surface area contributed by atoms with E-state index in [-0.39, 0.29) is 25.4 Å². The molecule has 0 spiro atoms.